The third-order valence-corrected chi connectivity index (χ3v) is 3.17. The average Bonchev–Trinajstić information content (AvgIpc) is 2.42. The van der Waals surface area contributed by atoms with Crippen molar-refractivity contribution in [1.29, 1.82) is 0 Å². The molecule has 0 aliphatic carbocycles. The molecular weight excluding hydrogens is 258 g/mol. The Morgan fingerprint density at radius 3 is 2.45 bits per heavy atom. The van der Waals surface area contributed by atoms with Crippen LogP contribution in [0.15, 0.2) is 42.5 Å². The first-order valence-corrected chi connectivity index (χ1v) is 6.49. The Hall–Kier alpha value is -1.94. The molecule has 106 valence electrons. The second kappa shape index (κ2) is 6.48. The number of nitrogens with zero attached hydrogens (tertiary/aromatic N) is 1. The number of nitrogens with one attached hydrogen (secondary N) is 1. The minimum absolute atomic E-state index is 0.272. The Bertz CT molecular complexity index is 584. The lowest BCUT2D eigenvalue weighted by atomic mass is 10.1. The fraction of sp³-hybridized carbons (Fsp3) is 0.250. The van der Waals surface area contributed by atoms with Crippen molar-refractivity contribution in [2.75, 3.05) is 19.0 Å². The number of rotatable bonds is 5. The molecule has 2 aromatic carbocycles. The lowest BCUT2D eigenvalue weighted by molar-refractivity contribution is 0.600. The van der Waals surface area contributed by atoms with E-state index in [0.717, 1.165) is 5.56 Å². The van der Waals surface area contributed by atoms with E-state index in [0.29, 0.717) is 24.3 Å². The fourth-order valence-electron chi connectivity index (χ4n) is 2.14. The molecule has 0 atom stereocenters. The molecule has 0 spiro atoms. The molecule has 0 fully saturated rings. The lowest BCUT2D eigenvalue weighted by Crippen LogP contribution is -2.18. The molecule has 20 heavy (non-hydrogen) atoms. The first-order chi connectivity index (χ1) is 9.61. The smallest absolute Gasteiger partial charge is 0.146 e. The number of hydrogen-bond donors (Lipinski definition) is 1. The molecule has 0 saturated carbocycles. The van der Waals surface area contributed by atoms with Crippen molar-refractivity contribution < 1.29 is 8.78 Å². The van der Waals surface area contributed by atoms with E-state index in [1.165, 1.54) is 12.1 Å². The zero-order valence-corrected chi connectivity index (χ0v) is 11.7. The van der Waals surface area contributed by atoms with Gasteiger partial charge >= 0.3 is 0 Å². The van der Waals surface area contributed by atoms with Crippen molar-refractivity contribution in [3.63, 3.8) is 0 Å². The van der Waals surface area contributed by atoms with E-state index in [1.54, 1.807) is 36.2 Å². The predicted molar refractivity (Wildman–Crippen MR) is 77.7 cm³/mol. The zero-order chi connectivity index (χ0) is 14.5. The Kier molecular flexibility index (Phi) is 4.69. The Labute approximate surface area is 118 Å². The first-order valence-electron chi connectivity index (χ1n) is 6.49. The van der Waals surface area contributed by atoms with Crippen LogP contribution in [0.2, 0.25) is 0 Å². The van der Waals surface area contributed by atoms with Gasteiger partial charge in [0.25, 0.3) is 0 Å². The average molecular weight is 276 g/mol. The Morgan fingerprint density at radius 2 is 1.80 bits per heavy atom. The van der Waals surface area contributed by atoms with Gasteiger partial charge in [-0.1, -0.05) is 24.3 Å². The second-order valence-corrected chi connectivity index (χ2v) is 4.76. The van der Waals surface area contributed by atoms with Gasteiger partial charge in [0, 0.05) is 25.7 Å². The van der Waals surface area contributed by atoms with Crippen LogP contribution in [0.1, 0.15) is 11.1 Å². The van der Waals surface area contributed by atoms with Crippen molar-refractivity contribution in [3.8, 4) is 0 Å². The summed E-state index contributed by atoms with van der Waals surface area (Å²) in [5.41, 5.74) is 1.90. The van der Waals surface area contributed by atoms with Gasteiger partial charge < -0.3 is 10.2 Å². The van der Waals surface area contributed by atoms with Crippen LogP contribution < -0.4 is 10.2 Å². The summed E-state index contributed by atoms with van der Waals surface area (Å²) in [4.78, 5) is 1.71. The van der Waals surface area contributed by atoms with Gasteiger partial charge in [-0.25, -0.2) is 8.78 Å². The Balaban J connectivity index is 2.17. The van der Waals surface area contributed by atoms with E-state index in [2.05, 4.69) is 5.32 Å². The molecule has 0 radical (unpaired) electrons. The van der Waals surface area contributed by atoms with E-state index in [-0.39, 0.29) is 11.6 Å². The van der Waals surface area contributed by atoms with Crippen molar-refractivity contribution >= 4 is 5.69 Å². The van der Waals surface area contributed by atoms with Gasteiger partial charge in [-0.15, -0.1) is 0 Å². The molecule has 4 heteroatoms. The number of anilines is 1. The molecule has 0 saturated heterocycles. The van der Waals surface area contributed by atoms with Gasteiger partial charge in [-0.05, 0) is 30.8 Å². The van der Waals surface area contributed by atoms with E-state index in [4.69, 9.17) is 0 Å². The molecule has 0 aliphatic rings. The summed E-state index contributed by atoms with van der Waals surface area (Å²) in [5.74, 6) is -0.567. The van der Waals surface area contributed by atoms with Crippen molar-refractivity contribution in [2.24, 2.45) is 0 Å². The summed E-state index contributed by atoms with van der Waals surface area (Å²) in [6.45, 7) is 0.948. The van der Waals surface area contributed by atoms with Gasteiger partial charge in [-0.3, -0.25) is 0 Å². The van der Waals surface area contributed by atoms with Crippen molar-refractivity contribution in [3.05, 3.63) is 65.2 Å². The Morgan fingerprint density at radius 1 is 1.05 bits per heavy atom. The summed E-state index contributed by atoms with van der Waals surface area (Å²) in [7, 11) is 3.57. The summed E-state index contributed by atoms with van der Waals surface area (Å²) in [6, 6.07) is 11.6. The highest BCUT2D eigenvalue weighted by Gasteiger charge is 2.10. The zero-order valence-electron chi connectivity index (χ0n) is 11.7. The number of halogens is 2. The standard InChI is InChI=1S/C16H18F2N2/c1-19-10-12-7-8-16(15(18)9-12)20(2)11-13-5-3-4-6-14(13)17/h3-9,19H,10-11H2,1-2H3. The van der Waals surface area contributed by atoms with Crippen LogP contribution >= 0.6 is 0 Å². The van der Waals surface area contributed by atoms with E-state index >= 15 is 0 Å². The third-order valence-electron chi connectivity index (χ3n) is 3.17. The SMILES string of the molecule is CNCc1ccc(N(C)Cc2ccccc2F)c(F)c1. The van der Waals surface area contributed by atoms with E-state index in [1.807, 2.05) is 13.1 Å². The number of benzene rings is 2. The van der Waals surface area contributed by atoms with Gasteiger partial charge in [0.2, 0.25) is 0 Å². The molecule has 2 rings (SSSR count). The quantitative estimate of drug-likeness (QED) is 0.901. The third kappa shape index (κ3) is 3.33. The first kappa shape index (κ1) is 14.5. The van der Waals surface area contributed by atoms with Gasteiger partial charge in [-0.2, -0.15) is 0 Å². The molecule has 2 aromatic rings. The summed E-state index contributed by atoms with van der Waals surface area (Å²) < 4.78 is 27.7. The van der Waals surface area contributed by atoms with Crippen LogP contribution in [-0.2, 0) is 13.1 Å². The topological polar surface area (TPSA) is 15.3 Å². The van der Waals surface area contributed by atoms with Crippen LogP contribution in [-0.4, -0.2) is 14.1 Å². The highest BCUT2D eigenvalue weighted by molar-refractivity contribution is 5.49. The molecule has 0 bridgehead atoms. The fourth-order valence-corrected chi connectivity index (χ4v) is 2.14. The highest BCUT2D eigenvalue weighted by atomic mass is 19.1. The van der Waals surface area contributed by atoms with Crippen LogP contribution in [0.3, 0.4) is 0 Å². The van der Waals surface area contributed by atoms with Crippen molar-refractivity contribution in [1.82, 2.24) is 5.32 Å². The second-order valence-electron chi connectivity index (χ2n) is 4.76. The van der Waals surface area contributed by atoms with E-state index < -0.39 is 0 Å². The molecule has 0 unspecified atom stereocenters. The molecular formula is C16H18F2N2. The lowest BCUT2D eigenvalue weighted by Gasteiger charge is -2.20. The molecule has 1 N–H and O–H groups in total. The van der Waals surface area contributed by atoms with E-state index in [9.17, 15) is 8.78 Å². The van der Waals surface area contributed by atoms with Gasteiger partial charge in [0.15, 0.2) is 0 Å². The summed E-state index contributed by atoms with van der Waals surface area (Å²) in [6.07, 6.45) is 0. The number of hydrogen-bond acceptors (Lipinski definition) is 2. The van der Waals surface area contributed by atoms with Crippen LogP contribution in [0.25, 0.3) is 0 Å². The normalized spacial score (nSPS) is 10.6. The summed E-state index contributed by atoms with van der Waals surface area (Å²) >= 11 is 0. The minimum atomic E-state index is -0.295. The van der Waals surface area contributed by atoms with Gasteiger partial charge in [0.05, 0.1) is 5.69 Å². The molecule has 2 nitrogen and oxygen atoms in total. The van der Waals surface area contributed by atoms with Crippen LogP contribution in [0.4, 0.5) is 14.5 Å². The molecule has 0 heterocycles. The summed E-state index contributed by atoms with van der Waals surface area (Å²) in [5, 5.41) is 2.98. The maximum atomic E-state index is 14.1. The molecule has 0 aromatic heterocycles. The van der Waals surface area contributed by atoms with Crippen LogP contribution in [0.5, 0.6) is 0 Å². The largest absolute Gasteiger partial charge is 0.368 e. The van der Waals surface area contributed by atoms with Crippen molar-refractivity contribution in [2.45, 2.75) is 13.1 Å². The monoisotopic (exact) mass is 276 g/mol. The van der Waals surface area contributed by atoms with Gasteiger partial charge in [0.1, 0.15) is 11.6 Å². The maximum Gasteiger partial charge on any atom is 0.146 e. The predicted octanol–water partition coefficient (Wildman–Crippen LogP) is 3.32. The highest BCUT2D eigenvalue weighted by Crippen LogP contribution is 2.22. The maximum absolute atomic E-state index is 14.1. The molecule has 0 aliphatic heterocycles. The van der Waals surface area contributed by atoms with Crippen LogP contribution in [0, 0.1) is 11.6 Å². The molecule has 0 amide bonds. The minimum Gasteiger partial charge on any atom is -0.368 e.